The summed E-state index contributed by atoms with van der Waals surface area (Å²) in [6.45, 7) is 2.84. The maximum Gasteiger partial charge on any atom is 0.418 e. The molecule has 36 heavy (non-hydrogen) atoms. The molecule has 1 saturated heterocycles. The van der Waals surface area contributed by atoms with Crippen LogP contribution in [0.2, 0.25) is 0 Å². The average Bonchev–Trinajstić information content (AvgIpc) is 3.23. The number of ether oxygens (including phenoxy) is 1. The number of rotatable bonds is 12. The Kier molecular flexibility index (Phi) is 7.87. The van der Waals surface area contributed by atoms with Gasteiger partial charge in [-0.05, 0) is 19.9 Å². The molecule has 1 amide bonds. The van der Waals surface area contributed by atoms with Crippen molar-refractivity contribution in [2.24, 2.45) is 16.8 Å². The molecule has 1 atom stereocenters. The van der Waals surface area contributed by atoms with Crippen LogP contribution in [0.15, 0.2) is 28.9 Å². The van der Waals surface area contributed by atoms with E-state index in [1.165, 1.54) is 31.5 Å². The van der Waals surface area contributed by atoms with Crippen molar-refractivity contribution in [2.75, 3.05) is 18.9 Å². The summed E-state index contributed by atoms with van der Waals surface area (Å²) in [7, 11) is -4.92. The van der Waals surface area contributed by atoms with Crippen LogP contribution >= 0.6 is 11.3 Å². The zero-order valence-electron chi connectivity index (χ0n) is 19.1. The second kappa shape index (κ2) is 10.5. The number of thiazole rings is 1. The molecular weight excluding hydrogens is 518 g/mol. The molecular formula is C19H23N7O8S2. The normalized spacial score (nSPS) is 17.4. The van der Waals surface area contributed by atoms with Crippen LogP contribution in [0.5, 0.6) is 5.88 Å². The molecule has 0 saturated carbocycles. The van der Waals surface area contributed by atoms with Crippen molar-refractivity contribution in [1.82, 2.24) is 15.0 Å². The van der Waals surface area contributed by atoms with E-state index < -0.39 is 33.5 Å². The number of aromatic nitrogens is 2. The summed E-state index contributed by atoms with van der Waals surface area (Å²) >= 11 is 1.07. The van der Waals surface area contributed by atoms with Crippen molar-refractivity contribution in [3.63, 3.8) is 0 Å². The van der Waals surface area contributed by atoms with Crippen LogP contribution in [0.1, 0.15) is 31.5 Å². The highest BCUT2D eigenvalue weighted by atomic mass is 32.3. The van der Waals surface area contributed by atoms with E-state index in [4.69, 9.17) is 31.0 Å². The number of pyridine rings is 1. The lowest BCUT2D eigenvalue weighted by Gasteiger charge is -2.50. The Morgan fingerprint density at radius 3 is 2.69 bits per heavy atom. The van der Waals surface area contributed by atoms with Crippen LogP contribution < -0.4 is 16.2 Å². The molecule has 1 fully saturated rings. The van der Waals surface area contributed by atoms with Crippen molar-refractivity contribution in [3.05, 3.63) is 35.0 Å². The molecule has 194 valence electrons. The Labute approximate surface area is 209 Å². The Hall–Kier alpha value is -3.67. The fraction of sp³-hybridized carbons (Fsp3) is 0.368. The van der Waals surface area contributed by atoms with Gasteiger partial charge in [0.15, 0.2) is 23.2 Å². The number of nitrogens with zero attached hydrogens (tertiary/aromatic N) is 4. The van der Waals surface area contributed by atoms with E-state index in [-0.39, 0.29) is 47.9 Å². The predicted octanol–water partition coefficient (Wildman–Crippen LogP) is 0.135. The van der Waals surface area contributed by atoms with Gasteiger partial charge in [-0.15, -0.1) is 15.6 Å². The third-order valence-electron chi connectivity index (χ3n) is 5.09. The summed E-state index contributed by atoms with van der Waals surface area (Å²) in [5.41, 5.74) is 10.2. The monoisotopic (exact) mass is 541 g/mol. The van der Waals surface area contributed by atoms with E-state index in [0.717, 1.165) is 11.3 Å². The summed E-state index contributed by atoms with van der Waals surface area (Å²) in [6.07, 6.45) is 1.06. The first kappa shape index (κ1) is 26.9. The highest BCUT2D eigenvalue weighted by Gasteiger charge is 2.57. The predicted molar refractivity (Wildman–Crippen MR) is 126 cm³/mol. The Bertz CT molecular complexity index is 1310. The lowest BCUT2D eigenvalue weighted by molar-refractivity contribution is -0.228. The number of nitrogens with one attached hydrogen (secondary N) is 1. The zero-order valence-corrected chi connectivity index (χ0v) is 20.7. The SMILES string of the molecule is CC1(C)[C@H](CC(=O)/C(=N\OCCOc2cc(C(=N)N)ccn2)c2csc(N)n2)C(=O)N1OS(=O)(=O)O. The standard InChI is InChI=1S/C19H23N7O8S2/c1-19(2)11(17(28)26(19)34-36(29,30)31)8-13(27)15(12-9-35-18(22)24-12)25-33-6-5-32-14-7-10(16(20)21)3-4-23-14/h3-4,7,9,11H,5-6,8H2,1-2H3,(H3,20,21)(H2,22,24)(H,29,30,31)/b25-15-/t11-/m1/s1. The second-order valence-corrected chi connectivity index (χ2v) is 9.85. The van der Waals surface area contributed by atoms with Gasteiger partial charge in [0.05, 0.1) is 11.5 Å². The van der Waals surface area contributed by atoms with E-state index in [1.807, 2.05) is 0 Å². The fourth-order valence-corrected chi connectivity index (χ4v) is 4.24. The minimum Gasteiger partial charge on any atom is -0.474 e. The van der Waals surface area contributed by atoms with Gasteiger partial charge in [-0.2, -0.15) is 13.5 Å². The molecule has 17 heteroatoms. The van der Waals surface area contributed by atoms with Gasteiger partial charge in [-0.25, -0.2) is 9.97 Å². The third-order valence-corrected chi connectivity index (χ3v) is 6.10. The summed E-state index contributed by atoms with van der Waals surface area (Å²) in [5.74, 6) is -2.32. The van der Waals surface area contributed by atoms with E-state index in [9.17, 15) is 18.0 Å². The first-order valence-electron chi connectivity index (χ1n) is 10.2. The smallest absolute Gasteiger partial charge is 0.418 e. The van der Waals surface area contributed by atoms with Gasteiger partial charge in [-0.1, -0.05) is 5.16 Å². The highest BCUT2D eigenvalue weighted by molar-refractivity contribution is 7.80. The highest BCUT2D eigenvalue weighted by Crippen LogP contribution is 2.40. The quantitative estimate of drug-likeness (QED) is 0.0701. The van der Waals surface area contributed by atoms with E-state index >= 15 is 0 Å². The number of hydroxylamine groups is 2. The Balaban J connectivity index is 1.65. The molecule has 3 heterocycles. The number of carbonyl (C=O) groups excluding carboxylic acids is 2. The molecule has 6 N–H and O–H groups in total. The zero-order chi connectivity index (χ0) is 26.7. The fourth-order valence-electron chi connectivity index (χ4n) is 3.24. The van der Waals surface area contributed by atoms with Gasteiger partial charge in [0.2, 0.25) is 5.88 Å². The van der Waals surface area contributed by atoms with Crippen molar-refractivity contribution in [3.8, 4) is 5.88 Å². The van der Waals surface area contributed by atoms with Crippen molar-refractivity contribution in [1.29, 1.82) is 5.41 Å². The number of carbonyl (C=O) groups is 2. The van der Waals surface area contributed by atoms with Crippen LogP contribution in [0.4, 0.5) is 5.13 Å². The second-order valence-electron chi connectivity index (χ2n) is 7.96. The van der Waals surface area contributed by atoms with E-state index in [2.05, 4.69) is 19.4 Å². The molecule has 0 radical (unpaired) electrons. The summed E-state index contributed by atoms with van der Waals surface area (Å²) in [4.78, 5) is 38.6. The number of amidine groups is 1. The number of Topliss-reactive ketones (excluding diaryl/α,β-unsaturated/α-hetero) is 1. The summed E-state index contributed by atoms with van der Waals surface area (Å²) in [5, 5.41) is 13.4. The van der Waals surface area contributed by atoms with Crippen LogP contribution in [0, 0.1) is 11.3 Å². The summed E-state index contributed by atoms with van der Waals surface area (Å²) in [6, 6.07) is 3.03. The van der Waals surface area contributed by atoms with E-state index in [0.29, 0.717) is 10.6 Å². The molecule has 0 aromatic carbocycles. The Morgan fingerprint density at radius 1 is 1.39 bits per heavy atom. The van der Waals surface area contributed by atoms with Gasteiger partial charge < -0.3 is 21.0 Å². The number of anilines is 1. The number of amides is 1. The van der Waals surface area contributed by atoms with Gasteiger partial charge in [0.1, 0.15) is 18.1 Å². The van der Waals surface area contributed by atoms with Gasteiger partial charge in [-0.3, -0.25) is 19.6 Å². The number of hydrogen-bond donors (Lipinski definition) is 4. The lowest BCUT2D eigenvalue weighted by atomic mass is 9.74. The molecule has 1 aliphatic rings. The largest absolute Gasteiger partial charge is 0.474 e. The third kappa shape index (κ3) is 6.30. The molecule has 2 aromatic rings. The van der Waals surface area contributed by atoms with Gasteiger partial charge in [0, 0.05) is 29.6 Å². The maximum atomic E-state index is 13.0. The van der Waals surface area contributed by atoms with Gasteiger partial charge in [0.25, 0.3) is 5.91 Å². The molecule has 0 unspecified atom stereocenters. The molecule has 0 bridgehead atoms. The number of nitrogen functional groups attached to an aromatic ring is 2. The molecule has 15 nitrogen and oxygen atoms in total. The number of β-lactam (4-membered cyclic amide) rings is 1. The molecule has 1 aliphatic heterocycles. The molecule has 0 spiro atoms. The van der Waals surface area contributed by atoms with Crippen LogP contribution in [0.3, 0.4) is 0 Å². The molecule has 0 aliphatic carbocycles. The number of hydrogen-bond acceptors (Lipinski definition) is 13. The topological polar surface area (TPSA) is 233 Å². The van der Waals surface area contributed by atoms with Crippen molar-refractivity contribution in [2.45, 2.75) is 25.8 Å². The van der Waals surface area contributed by atoms with Gasteiger partial charge >= 0.3 is 10.4 Å². The molecule has 3 rings (SSSR count). The summed E-state index contributed by atoms with van der Waals surface area (Å²) < 4.78 is 40.6. The van der Waals surface area contributed by atoms with E-state index in [1.54, 1.807) is 6.07 Å². The number of oxime groups is 1. The first-order chi connectivity index (χ1) is 16.8. The average molecular weight is 542 g/mol. The molecule has 2 aromatic heterocycles. The first-order valence-corrected chi connectivity index (χ1v) is 12.4. The Morgan fingerprint density at radius 2 is 2.11 bits per heavy atom. The van der Waals surface area contributed by atoms with Crippen molar-refractivity contribution < 1.29 is 36.4 Å². The number of nitrogens with two attached hydrogens (primary N) is 2. The maximum absolute atomic E-state index is 13.0. The van der Waals surface area contributed by atoms with Crippen LogP contribution in [0.25, 0.3) is 0 Å². The lowest BCUT2D eigenvalue weighted by Crippen LogP contribution is -2.68. The van der Waals surface area contributed by atoms with Crippen molar-refractivity contribution >= 4 is 50.1 Å². The van der Waals surface area contributed by atoms with Crippen LogP contribution in [-0.2, 0) is 29.1 Å². The minimum absolute atomic E-state index is 0.00535. The van der Waals surface area contributed by atoms with Crippen LogP contribution in [-0.4, -0.2) is 70.0 Å². The number of ketones is 1. The minimum atomic E-state index is -4.92.